The molecule has 128 valence electrons. The third-order valence-corrected chi connectivity index (χ3v) is 7.01. The maximum absolute atomic E-state index is 10.4. The molecule has 2 aliphatic rings. The van der Waals surface area contributed by atoms with Crippen LogP contribution >= 0.6 is 0 Å². The molecular formula is C20H36O2. The number of aliphatic hydroxyl groups is 2. The van der Waals surface area contributed by atoms with Gasteiger partial charge in [0.1, 0.15) is 0 Å². The molecule has 2 nitrogen and oxygen atoms in total. The predicted molar refractivity (Wildman–Crippen MR) is 92.6 cm³/mol. The Hall–Kier alpha value is -0.340. The third kappa shape index (κ3) is 3.43. The maximum atomic E-state index is 10.4. The van der Waals surface area contributed by atoms with Crippen molar-refractivity contribution in [1.82, 2.24) is 0 Å². The van der Waals surface area contributed by atoms with Crippen LogP contribution in [0.5, 0.6) is 0 Å². The van der Waals surface area contributed by atoms with Crippen molar-refractivity contribution in [3.63, 3.8) is 0 Å². The fourth-order valence-electron chi connectivity index (χ4n) is 5.28. The van der Waals surface area contributed by atoms with Crippen molar-refractivity contribution in [2.24, 2.45) is 23.2 Å². The van der Waals surface area contributed by atoms with Gasteiger partial charge in [0.2, 0.25) is 0 Å². The smallest absolute Gasteiger partial charge is 0.0822 e. The summed E-state index contributed by atoms with van der Waals surface area (Å²) in [6.45, 7) is 8.87. The minimum Gasteiger partial charge on any atom is -0.393 e. The van der Waals surface area contributed by atoms with Gasteiger partial charge in [0.25, 0.3) is 0 Å². The van der Waals surface area contributed by atoms with E-state index >= 15 is 0 Å². The molecule has 0 amide bonds. The predicted octanol–water partition coefficient (Wildman–Crippen LogP) is 4.70. The van der Waals surface area contributed by atoms with Crippen LogP contribution < -0.4 is 0 Å². The van der Waals surface area contributed by atoms with Crippen LogP contribution in [0.3, 0.4) is 0 Å². The third-order valence-electron chi connectivity index (χ3n) is 7.01. The zero-order valence-corrected chi connectivity index (χ0v) is 15.0. The molecule has 1 unspecified atom stereocenters. The van der Waals surface area contributed by atoms with Crippen LogP contribution in [0.4, 0.5) is 0 Å². The van der Waals surface area contributed by atoms with E-state index in [9.17, 15) is 10.2 Å². The van der Waals surface area contributed by atoms with Crippen molar-refractivity contribution in [3.8, 4) is 0 Å². The normalized spacial score (nSPS) is 37.5. The van der Waals surface area contributed by atoms with Crippen LogP contribution in [0.1, 0.15) is 79.1 Å². The van der Waals surface area contributed by atoms with Gasteiger partial charge in [0, 0.05) is 0 Å². The second-order valence-corrected chi connectivity index (χ2v) is 8.18. The standard InChI is InChI=1S/C20H36O2/c1-5-20(22,6-2)14-7-9-15(3)16-11-12-17-18(21)10-8-13-19(16,17)4/h7,14-18,21-22H,5-6,8-13H2,1-4H3/b14-7+/t15?,16-,17+,18+,19-/m1/s1. The first-order valence-electron chi connectivity index (χ1n) is 9.44. The highest BCUT2D eigenvalue weighted by Crippen LogP contribution is 2.58. The molecule has 2 aliphatic carbocycles. The van der Waals surface area contributed by atoms with Crippen molar-refractivity contribution in [2.75, 3.05) is 0 Å². The number of hydrogen-bond acceptors (Lipinski definition) is 2. The van der Waals surface area contributed by atoms with Gasteiger partial charge in [-0.2, -0.15) is 0 Å². The van der Waals surface area contributed by atoms with Gasteiger partial charge >= 0.3 is 0 Å². The summed E-state index contributed by atoms with van der Waals surface area (Å²) >= 11 is 0. The Morgan fingerprint density at radius 1 is 1.23 bits per heavy atom. The first-order chi connectivity index (χ1) is 10.4. The van der Waals surface area contributed by atoms with Crippen LogP contribution in [0.25, 0.3) is 0 Å². The monoisotopic (exact) mass is 308 g/mol. The van der Waals surface area contributed by atoms with E-state index in [2.05, 4.69) is 19.9 Å². The molecule has 0 heterocycles. The molecule has 2 rings (SSSR count). The van der Waals surface area contributed by atoms with Gasteiger partial charge in [-0.25, -0.2) is 0 Å². The first-order valence-corrected chi connectivity index (χ1v) is 9.44. The Morgan fingerprint density at radius 2 is 1.91 bits per heavy atom. The summed E-state index contributed by atoms with van der Waals surface area (Å²) in [4.78, 5) is 0. The van der Waals surface area contributed by atoms with Crippen molar-refractivity contribution in [3.05, 3.63) is 12.2 Å². The van der Waals surface area contributed by atoms with Gasteiger partial charge in [0.05, 0.1) is 11.7 Å². The molecule has 2 heteroatoms. The van der Waals surface area contributed by atoms with Gasteiger partial charge in [0.15, 0.2) is 0 Å². The largest absolute Gasteiger partial charge is 0.393 e. The highest BCUT2D eigenvalue weighted by Gasteiger charge is 2.51. The number of rotatable bonds is 6. The first kappa shape index (κ1) is 18.0. The van der Waals surface area contributed by atoms with E-state index < -0.39 is 5.60 Å². The second-order valence-electron chi connectivity index (χ2n) is 8.18. The SMILES string of the molecule is CCC(O)(/C=C/CC(C)[C@H]1CC[C@H]2[C@@H](O)CCC[C@]12C)CC. The Balaban J connectivity index is 1.98. The lowest BCUT2D eigenvalue weighted by Crippen LogP contribution is -2.41. The fourth-order valence-corrected chi connectivity index (χ4v) is 5.28. The fraction of sp³-hybridized carbons (Fsp3) is 0.900. The zero-order chi connectivity index (χ0) is 16.4. The number of allylic oxidation sites excluding steroid dienone is 1. The lowest BCUT2D eigenvalue weighted by Gasteiger charge is -2.45. The molecule has 5 atom stereocenters. The molecule has 0 aromatic rings. The van der Waals surface area contributed by atoms with E-state index in [0.717, 1.165) is 25.7 Å². The Kier molecular flexibility index (Phi) is 5.77. The summed E-state index contributed by atoms with van der Waals surface area (Å²) in [6, 6.07) is 0. The molecule has 2 N–H and O–H groups in total. The van der Waals surface area contributed by atoms with Gasteiger partial charge in [-0.05, 0) is 68.1 Å². The quantitative estimate of drug-likeness (QED) is 0.698. The van der Waals surface area contributed by atoms with E-state index in [1.165, 1.54) is 25.7 Å². The summed E-state index contributed by atoms with van der Waals surface area (Å²) in [5.41, 5.74) is -0.292. The van der Waals surface area contributed by atoms with Gasteiger partial charge in [-0.3, -0.25) is 0 Å². The molecule has 0 aliphatic heterocycles. The van der Waals surface area contributed by atoms with E-state index in [1.54, 1.807) is 0 Å². The van der Waals surface area contributed by atoms with Crippen LogP contribution in [0.15, 0.2) is 12.2 Å². The molecule has 0 aromatic carbocycles. The van der Waals surface area contributed by atoms with Crippen LogP contribution in [0, 0.1) is 23.2 Å². The van der Waals surface area contributed by atoms with Gasteiger partial charge in [-0.15, -0.1) is 0 Å². The van der Waals surface area contributed by atoms with E-state index in [-0.39, 0.29) is 6.10 Å². The van der Waals surface area contributed by atoms with Crippen LogP contribution in [-0.2, 0) is 0 Å². The van der Waals surface area contributed by atoms with E-state index in [1.807, 2.05) is 19.9 Å². The highest BCUT2D eigenvalue weighted by atomic mass is 16.3. The summed E-state index contributed by atoms with van der Waals surface area (Å²) in [5, 5.41) is 20.7. The molecule has 0 saturated heterocycles. The molecule has 2 fully saturated rings. The second kappa shape index (κ2) is 7.05. The molecule has 0 bridgehead atoms. The van der Waals surface area contributed by atoms with Crippen molar-refractivity contribution in [1.29, 1.82) is 0 Å². The molecule has 0 radical (unpaired) electrons. The van der Waals surface area contributed by atoms with E-state index in [0.29, 0.717) is 23.2 Å². The summed E-state index contributed by atoms with van der Waals surface area (Å²) in [5.74, 6) is 1.86. The molecule has 22 heavy (non-hydrogen) atoms. The topological polar surface area (TPSA) is 40.5 Å². The van der Waals surface area contributed by atoms with Crippen LogP contribution in [-0.4, -0.2) is 21.9 Å². The van der Waals surface area contributed by atoms with Crippen LogP contribution in [0.2, 0.25) is 0 Å². The summed E-state index contributed by atoms with van der Waals surface area (Å²) in [6.07, 6.45) is 12.7. The van der Waals surface area contributed by atoms with Crippen molar-refractivity contribution in [2.45, 2.75) is 90.8 Å². The lowest BCUT2D eigenvalue weighted by atomic mass is 9.61. The number of hydrogen-bond donors (Lipinski definition) is 2. The number of fused-ring (bicyclic) bond motifs is 1. The molecule has 0 spiro atoms. The average molecular weight is 309 g/mol. The van der Waals surface area contributed by atoms with E-state index in [4.69, 9.17) is 0 Å². The number of aliphatic hydroxyl groups excluding tert-OH is 1. The molecule has 0 aromatic heterocycles. The molecule has 2 saturated carbocycles. The van der Waals surface area contributed by atoms with Crippen molar-refractivity contribution >= 4 is 0 Å². The Morgan fingerprint density at radius 3 is 2.55 bits per heavy atom. The van der Waals surface area contributed by atoms with Gasteiger partial charge in [-0.1, -0.05) is 46.3 Å². The van der Waals surface area contributed by atoms with Gasteiger partial charge < -0.3 is 10.2 Å². The minimum atomic E-state index is -0.622. The Labute approximate surface area is 137 Å². The summed E-state index contributed by atoms with van der Waals surface area (Å²) < 4.78 is 0. The minimum absolute atomic E-state index is 0.0724. The zero-order valence-electron chi connectivity index (χ0n) is 15.0. The Bertz CT molecular complexity index is 385. The van der Waals surface area contributed by atoms with Crippen molar-refractivity contribution < 1.29 is 10.2 Å². The summed E-state index contributed by atoms with van der Waals surface area (Å²) in [7, 11) is 0. The average Bonchev–Trinajstić information content (AvgIpc) is 2.85. The molecular weight excluding hydrogens is 272 g/mol. The highest BCUT2D eigenvalue weighted by molar-refractivity contribution is 5.04. The maximum Gasteiger partial charge on any atom is 0.0822 e. The lowest BCUT2D eigenvalue weighted by molar-refractivity contribution is -0.0266.